The Hall–Kier alpha value is 0.250. The molecule has 58 valence electrons. The molecule has 0 aromatic heterocycles. The van der Waals surface area contributed by atoms with Gasteiger partial charge in [0.15, 0.2) is 0 Å². The van der Waals surface area contributed by atoms with Gasteiger partial charge in [-0.2, -0.15) is 0 Å². The highest BCUT2D eigenvalue weighted by Crippen LogP contribution is 1.86. The van der Waals surface area contributed by atoms with Crippen LogP contribution in [0.15, 0.2) is 0 Å². The van der Waals surface area contributed by atoms with Crippen molar-refractivity contribution in [1.82, 2.24) is 5.32 Å². The fourth-order valence-electron chi connectivity index (χ4n) is 0.535. The quantitative estimate of drug-likeness (QED) is 0.650. The summed E-state index contributed by atoms with van der Waals surface area (Å²) in [4.78, 5) is 0. The van der Waals surface area contributed by atoms with E-state index in [2.05, 4.69) is 26.1 Å². The van der Waals surface area contributed by atoms with Crippen molar-refractivity contribution in [2.24, 2.45) is 0 Å². The minimum atomic E-state index is 0. The fraction of sp³-hybridized carbons (Fsp3) is 1.00. The molecule has 2 heteroatoms. The molecule has 0 heterocycles. The number of nitrogens with one attached hydrogen (secondary N) is 1. The van der Waals surface area contributed by atoms with Crippen LogP contribution in [0, 0.1) is 0 Å². The number of hydrogen-bond donors (Lipinski definition) is 1. The van der Waals surface area contributed by atoms with Crippen LogP contribution in [0.5, 0.6) is 0 Å². The molecule has 1 nitrogen and oxygen atoms in total. The molecule has 0 aromatic rings. The Labute approximate surface area is 64.6 Å². The van der Waals surface area contributed by atoms with Crippen LogP contribution < -0.4 is 5.32 Å². The molecular weight excluding hydrogens is 134 g/mol. The summed E-state index contributed by atoms with van der Waals surface area (Å²) in [5.74, 6) is 0. The Morgan fingerprint density at radius 3 is 2.22 bits per heavy atom. The summed E-state index contributed by atoms with van der Waals surface area (Å²) < 4.78 is 0. The number of halogens is 1. The highest BCUT2D eigenvalue weighted by atomic mass is 35.5. The van der Waals surface area contributed by atoms with Gasteiger partial charge in [0.2, 0.25) is 0 Å². The summed E-state index contributed by atoms with van der Waals surface area (Å²) in [6, 6.07) is 0.704. The van der Waals surface area contributed by atoms with Crippen LogP contribution in [0.25, 0.3) is 0 Å². The van der Waals surface area contributed by atoms with Crippen LogP contribution in [-0.2, 0) is 0 Å². The summed E-state index contributed by atoms with van der Waals surface area (Å²) in [5, 5.41) is 3.38. The molecule has 0 saturated carbocycles. The van der Waals surface area contributed by atoms with Gasteiger partial charge in [-0.3, -0.25) is 0 Å². The average molecular weight is 152 g/mol. The molecular formula is C7H18ClN. The molecule has 0 bridgehead atoms. The molecule has 0 aromatic carbocycles. The minimum Gasteiger partial charge on any atom is -0.314 e. The maximum absolute atomic E-state index is 3.38. The second-order valence-electron chi connectivity index (χ2n) is 2.26. The summed E-state index contributed by atoms with van der Waals surface area (Å²) >= 11 is 0. The van der Waals surface area contributed by atoms with E-state index >= 15 is 0 Å². The predicted molar refractivity (Wildman–Crippen MR) is 45.3 cm³/mol. The maximum Gasteiger partial charge on any atom is 0.00360 e. The van der Waals surface area contributed by atoms with Crippen molar-refractivity contribution in [3.63, 3.8) is 0 Å². The van der Waals surface area contributed by atoms with Gasteiger partial charge in [-0.05, 0) is 26.3 Å². The third-order valence-corrected chi connectivity index (χ3v) is 1.36. The van der Waals surface area contributed by atoms with Crippen molar-refractivity contribution >= 4 is 12.4 Å². The van der Waals surface area contributed by atoms with Crippen LogP contribution in [-0.4, -0.2) is 12.6 Å². The van der Waals surface area contributed by atoms with E-state index in [1.165, 1.54) is 12.8 Å². The van der Waals surface area contributed by atoms with Gasteiger partial charge in [0.1, 0.15) is 0 Å². The van der Waals surface area contributed by atoms with Crippen LogP contribution in [0.4, 0.5) is 0 Å². The summed E-state index contributed by atoms with van der Waals surface area (Å²) in [6.45, 7) is 7.77. The van der Waals surface area contributed by atoms with E-state index < -0.39 is 0 Å². The summed E-state index contributed by atoms with van der Waals surface area (Å²) in [7, 11) is 0. The Bertz CT molecular complexity index is 48.2. The van der Waals surface area contributed by atoms with Gasteiger partial charge >= 0.3 is 0 Å². The van der Waals surface area contributed by atoms with Crippen LogP contribution in [0.1, 0.15) is 33.6 Å². The lowest BCUT2D eigenvalue weighted by Gasteiger charge is -2.08. The predicted octanol–water partition coefficient (Wildman–Crippen LogP) is 2.21. The molecule has 0 amide bonds. The summed E-state index contributed by atoms with van der Waals surface area (Å²) in [5.41, 5.74) is 0. The first-order valence-electron chi connectivity index (χ1n) is 3.54. The lowest BCUT2D eigenvalue weighted by molar-refractivity contribution is 0.533. The van der Waals surface area contributed by atoms with Crippen LogP contribution in [0.2, 0.25) is 0 Å². The van der Waals surface area contributed by atoms with Crippen molar-refractivity contribution in [1.29, 1.82) is 0 Å². The maximum atomic E-state index is 3.38. The SMILES string of the molecule is CCCNC(C)CC.Cl. The Morgan fingerprint density at radius 1 is 1.33 bits per heavy atom. The standard InChI is InChI=1S/C7H17N.ClH/c1-4-6-8-7(3)5-2;/h7-8H,4-6H2,1-3H3;1H. The lowest BCUT2D eigenvalue weighted by atomic mass is 10.2. The van der Waals surface area contributed by atoms with E-state index in [0.717, 1.165) is 6.54 Å². The van der Waals surface area contributed by atoms with Gasteiger partial charge < -0.3 is 5.32 Å². The number of hydrogen-bond acceptors (Lipinski definition) is 1. The molecule has 1 atom stereocenters. The molecule has 0 fully saturated rings. The van der Waals surface area contributed by atoms with E-state index in [1.807, 2.05) is 0 Å². The first kappa shape index (κ1) is 12.0. The van der Waals surface area contributed by atoms with Gasteiger partial charge in [-0.25, -0.2) is 0 Å². The molecule has 1 N–H and O–H groups in total. The molecule has 9 heavy (non-hydrogen) atoms. The average Bonchev–Trinajstić information content (AvgIpc) is 1.83. The van der Waals surface area contributed by atoms with Gasteiger partial charge in [-0.1, -0.05) is 13.8 Å². The van der Waals surface area contributed by atoms with Gasteiger partial charge in [0.25, 0.3) is 0 Å². The highest BCUT2D eigenvalue weighted by Gasteiger charge is 1.92. The van der Waals surface area contributed by atoms with Gasteiger partial charge in [-0.15, -0.1) is 12.4 Å². The van der Waals surface area contributed by atoms with E-state index in [4.69, 9.17) is 0 Å². The van der Waals surface area contributed by atoms with Gasteiger partial charge in [0, 0.05) is 6.04 Å². The van der Waals surface area contributed by atoms with E-state index in [0.29, 0.717) is 6.04 Å². The molecule has 0 aliphatic carbocycles. The second-order valence-corrected chi connectivity index (χ2v) is 2.26. The molecule has 1 unspecified atom stereocenters. The molecule has 0 spiro atoms. The van der Waals surface area contributed by atoms with Crippen molar-refractivity contribution in [2.45, 2.75) is 39.7 Å². The Morgan fingerprint density at radius 2 is 1.89 bits per heavy atom. The highest BCUT2D eigenvalue weighted by molar-refractivity contribution is 5.85. The topological polar surface area (TPSA) is 12.0 Å². The summed E-state index contributed by atoms with van der Waals surface area (Å²) in [6.07, 6.45) is 2.48. The molecule has 0 radical (unpaired) electrons. The van der Waals surface area contributed by atoms with E-state index in [-0.39, 0.29) is 12.4 Å². The van der Waals surface area contributed by atoms with E-state index in [1.54, 1.807) is 0 Å². The van der Waals surface area contributed by atoms with Crippen LogP contribution >= 0.6 is 12.4 Å². The third-order valence-electron chi connectivity index (χ3n) is 1.36. The monoisotopic (exact) mass is 151 g/mol. The van der Waals surface area contributed by atoms with Crippen molar-refractivity contribution in [2.75, 3.05) is 6.54 Å². The molecule has 0 saturated heterocycles. The minimum absolute atomic E-state index is 0. The Balaban J connectivity index is 0. The largest absolute Gasteiger partial charge is 0.314 e. The first-order chi connectivity index (χ1) is 3.81. The van der Waals surface area contributed by atoms with Crippen LogP contribution in [0.3, 0.4) is 0 Å². The Kier molecular flexibility index (Phi) is 11.0. The van der Waals surface area contributed by atoms with Crippen molar-refractivity contribution < 1.29 is 0 Å². The normalized spacial score (nSPS) is 12.3. The fourth-order valence-corrected chi connectivity index (χ4v) is 0.535. The molecule has 0 aliphatic heterocycles. The lowest BCUT2D eigenvalue weighted by Crippen LogP contribution is -2.25. The smallest absolute Gasteiger partial charge is 0.00360 e. The second kappa shape index (κ2) is 8.25. The third kappa shape index (κ3) is 8.25. The van der Waals surface area contributed by atoms with Gasteiger partial charge in [0.05, 0.1) is 0 Å². The zero-order valence-corrected chi connectivity index (χ0v) is 7.42. The number of rotatable bonds is 4. The zero-order valence-electron chi connectivity index (χ0n) is 6.61. The zero-order chi connectivity index (χ0) is 6.41. The molecule has 0 rings (SSSR count). The molecule has 0 aliphatic rings. The van der Waals surface area contributed by atoms with Crippen molar-refractivity contribution in [3.8, 4) is 0 Å². The van der Waals surface area contributed by atoms with Crippen molar-refractivity contribution in [3.05, 3.63) is 0 Å². The van der Waals surface area contributed by atoms with E-state index in [9.17, 15) is 0 Å². The first-order valence-corrected chi connectivity index (χ1v) is 3.54.